The molecule has 0 aromatic heterocycles. The number of benzene rings is 2. The van der Waals surface area contributed by atoms with Gasteiger partial charge in [0.25, 0.3) is 0 Å². The van der Waals surface area contributed by atoms with E-state index in [-0.39, 0.29) is 17.7 Å². The minimum Gasteiger partial charge on any atom is -0.494 e. The summed E-state index contributed by atoms with van der Waals surface area (Å²) in [6.07, 6.45) is 1.82. The summed E-state index contributed by atoms with van der Waals surface area (Å²) in [5.74, 6) is 1.60. The topological polar surface area (TPSA) is 64.6 Å². The molecule has 0 aliphatic carbocycles. The molecule has 0 saturated carbocycles. The van der Waals surface area contributed by atoms with Gasteiger partial charge in [0.2, 0.25) is 5.91 Å². The average Bonchev–Trinajstić information content (AvgIpc) is 2.66. The highest BCUT2D eigenvalue weighted by molar-refractivity contribution is 5.94. The molecule has 1 heterocycles. The first-order valence-electron chi connectivity index (χ1n) is 8.88. The normalized spacial score (nSPS) is 15.5. The van der Waals surface area contributed by atoms with Gasteiger partial charge in [-0.05, 0) is 43.7 Å². The van der Waals surface area contributed by atoms with Gasteiger partial charge in [-0.25, -0.2) is 0 Å². The van der Waals surface area contributed by atoms with Crippen molar-refractivity contribution in [3.05, 3.63) is 59.7 Å². The van der Waals surface area contributed by atoms with Crippen molar-refractivity contribution in [2.75, 3.05) is 13.2 Å². The lowest BCUT2D eigenvalue weighted by atomic mass is 10.0. The lowest BCUT2D eigenvalue weighted by molar-refractivity contribution is -0.122. The summed E-state index contributed by atoms with van der Waals surface area (Å²) in [5, 5.41) is 3.08. The van der Waals surface area contributed by atoms with Crippen LogP contribution in [-0.2, 0) is 4.79 Å². The number of ketones is 1. The van der Waals surface area contributed by atoms with Crippen LogP contribution in [0.4, 0.5) is 0 Å². The SMILES string of the molecule is CC(=O)c1ccc(OCCCC(=O)N[C@@H]2CCOc3ccccc32)cc1. The van der Waals surface area contributed by atoms with Crippen molar-refractivity contribution in [1.29, 1.82) is 0 Å². The van der Waals surface area contributed by atoms with Crippen LogP contribution >= 0.6 is 0 Å². The monoisotopic (exact) mass is 353 g/mol. The van der Waals surface area contributed by atoms with Crippen molar-refractivity contribution >= 4 is 11.7 Å². The predicted octanol–water partition coefficient (Wildman–Crippen LogP) is 3.69. The molecule has 5 nitrogen and oxygen atoms in total. The van der Waals surface area contributed by atoms with Gasteiger partial charge in [0.05, 0.1) is 19.3 Å². The number of hydrogen-bond donors (Lipinski definition) is 1. The van der Waals surface area contributed by atoms with E-state index in [1.807, 2.05) is 24.3 Å². The average molecular weight is 353 g/mol. The maximum Gasteiger partial charge on any atom is 0.220 e. The first-order valence-corrected chi connectivity index (χ1v) is 8.88. The van der Waals surface area contributed by atoms with E-state index in [0.29, 0.717) is 37.4 Å². The fraction of sp³-hybridized carbons (Fsp3) is 0.333. The van der Waals surface area contributed by atoms with Gasteiger partial charge in [-0.2, -0.15) is 0 Å². The van der Waals surface area contributed by atoms with E-state index in [0.717, 1.165) is 17.7 Å². The Morgan fingerprint density at radius 3 is 2.69 bits per heavy atom. The Kier molecular flexibility index (Phi) is 5.89. The zero-order chi connectivity index (χ0) is 18.4. The zero-order valence-electron chi connectivity index (χ0n) is 14.9. The van der Waals surface area contributed by atoms with Gasteiger partial charge in [0.15, 0.2) is 5.78 Å². The molecule has 0 unspecified atom stereocenters. The standard InChI is InChI=1S/C21H23NO4/c1-15(23)16-8-10-17(11-9-16)25-13-4-7-21(24)22-19-12-14-26-20-6-3-2-5-18(19)20/h2-3,5-6,8-11,19H,4,7,12-14H2,1H3,(H,22,24)/t19-/m1/s1. The van der Waals surface area contributed by atoms with E-state index >= 15 is 0 Å². The molecule has 136 valence electrons. The molecule has 3 rings (SSSR count). The third-order valence-corrected chi connectivity index (χ3v) is 4.37. The van der Waals surface area contributed by atoms with E-state index in [4.69, 9.17) is 9.47 Å². The van der Waals surface area contributed by atoms with Crippen molar-refractivity contribution in [2.45, 2.75) is 32.2 Å². The summed E-state index contributed by atoms with van der Waals surface area (Å²) in [6.45, 7) is 2.60. The van der Waals surface area contributed by atoms with Crippen LogP contribution in [0, 0.1) is 0 Å². The maximum atomic E-state index is 12.2. The first-order chi connectivity index (χ1) is 12.6. The molecule has 5 heteroatoms. The van der Waals surface area contributed by atoms with Crippen molar-refractivity contribution in [1.82, 2.24) is 5.32 Å². The van der Waals surface area contributed by atoms with Crippen LogP contribution in [-0.4, -0.2) is 24.9 Å². The second kappa shape index (κ2) is 8.52. The number of rotatable bonds is 7. The Morgan fingerprint density at radius 1 is 1.15 bits per heavy atom. The number of fused-ring (bicyclic) bond motifs is 1. The molecule has 2 aromatic carbocycles. The summed E-state index contributed by atoms with van der Waals surface area (Å²) < 4.78 is 11.2. The minimum atomic E-state index is 0.00694. The van der Waals surface area contributed by atoms with Crippen molar-refractivity contribution < 1.29 is 19.1 Å². The smallest absolute Gasteiger partial charge is 0.220 e. The van der Waals surface area contributed by atoms with E-state index in [1.165, 1.54) is 6.92 Å². The van der Waals surface area contributed by atoms with Gasteiger partial charge < -0.3 is 14.8 Å². The van der Waals surface area contributed by atoms with Crippen molar-refractivity contribution in [2.24, 2.45) is 0 Å². The van der Waals surface area contributed by atoms with Crippen LogP contribution in [0.5, 0.6) is 11.5 Å². The van der Waals surface area contributed by atoms with Crippen LogP contribution < -0.4 is 14.8 Å². The summed E-state index contributed by atoms with van der Waals surface area (Å²) in [4.78, 5) is 23.4. The fourth-order valence-electron chi connectivity index (χ4n) is 2.97. The highest BCUT2D eigenvalue weighted by atomic mass is 16.5. The van der Waals surface area contributed by atoms with Crippen LogP contribution in [0.25, 0.3) is 0 Å². The van der Waals surface area contributed by atoms with Crippen molar-refractivity contribution in [3.63, 3.8) is 0 Å². The van der Waals surface area contributed by atoms with Gasteiger partial charge in [-0.3, -0.25) is 9.59 Å². The molecule has 0 spiro atoms. The molecule has 1 aliphatic heterocycles. The zero-order valence-corrected chi connectivity index (χ0v) is 14.9. The number of Topliss-reactive ketones (excluding diaryl/α,β-unsaturated/α-hetero) is 1. The summed E-state index contributed by atoms with van der Waals surface area (Å²) >= 11 is 0. The van der Waals surface area contributed by atoms with E-state index in [1.54, 1.807) is 24.3 Å². The Labute approximate surface area is 153 Å². The van der Waals surface area contributed by atoms with E-state index in [2.05, 4.69) is 5.32 Å². The third-order valence-electron chi connectivity index (χ3n) is 4.37. The molecule has 1 N–H and O–H groups in total. The second-order valence-corrected chi connectivity index (χ2v) is 6.33. The third kappa shape index (κ3) is 4.63. The number of carbonyl (C=O) groups excluding carboxylic acids is 2. The number of ether oxygens (including phenoxy) is 2. The van der Waals surface area contributed by atoms with Crippen LogP contribution in [0.2, 0.25) is 0 Å². The Bertz CT molecular complexity index is 770. The Morgan fingerprint density at radius 2 is 1.92 bits per heavy atom. The maximum absolute atomic E-state index is 12.2. The summed E-state index contributed by atoms with van der Waals surface area (Å²) in [5.41, 5.74) is 1.70. The molecular formula is C21H23NO4. The molecular weight excluding hydrogens is 330 g/mol. The van der Waals surface area contributed by atoms with Gasteiger partial charge in [-0.15, -0.1) is 0 Å². The molecule has 1 amide bonds. The summed E-state index contributed by atoms with van der Waals surface area (Å²) in [6, 6.07) is 14.9. The van der Waals surface area contributed by atoms with Gasteiger partial charge in [-0.1, -0.05) is 18.2 Å². The Balaban J connectivity index is 1.42. The molecule has 0 bridgehead atoms. The van der Waals surface area contributed by atoms with Crippen LogP contribution in [0.3, 0.4) is 0 Å². The van der Waals surface area contributed by atoms with E-state index < -0.39 is 0 Å². The molecule has 1 aliphatic rings. The molecule has 1 atom stereocenters. The van der Waals surface area contributed by atoms with Gasteiger partial charge >= 0.3 is 0 Å². The molecule has 0 fully saturated rings. The predicted molar refractivity (Wildman–Crippen MR) is 98.6 cm³/mol. The van der Waals surface area contributed by atoms with Gasteiger partial charge in [0.1, 0.15) is 11.5 Å². The molecule has 26 heavy (non-hydrogen) atoms. The largest absolute Gasteiger partial charge is 0.494 e. The second-order valence-electron chi connectivity index (χ2n) is 6.33. The van der Waals surface area contributed by atoms with Crippen LogP contribution in [0.15, 0.2) is 48.5 Å². The lowest BCUT2D eigenvalue weighted by Gasteiger charge is -2.26. The quantitative estimate of drug-likeness (QED) is 0.609. The van der Waals surface area contributed by atoms with Crippen molar-refractivity contribution in [3.8, 4) is 11.5 Å². The first kappa shape index (κ1) is 18.0. The lowest BCUT2D eigenvalue weighted by Crippen LogP contribution is -2.32. The Hall–Kier alpha value is -2.82. The number of carbonyl (C=O) groups is 2. The molecule has 2 aromatic rings. The number of hydrogen-bond acceptors (Lipinski definition) is 4. The fourth-order valence-corrected chi connectivity index (χ4v) is 2.97. The highest BCUT2D eigenvalue weighted by Gasteiger charge is 2.22. The van der Waals surface area contributed by atoms with E-state index in [9.17, 15) is 9.59 Å². The number of amides is 1. The minimum absolute atomic E-state index is 0.00694. The molecule has 0 saturated heterocycles. The van der Waals surface area contributed by atoms with Gasteiger partial charge in [0, 0.05) is 24.0 Å². The van der Waals surface area contributed by atoms with Crippen LogP contribution in [0.1, 0.15) is 48.1 Å². The number of para-hydroxylation sites is 1. The summed E-state index contributed by atoms with van der Waals surface area (Å²) in [7, 11) is 0. The number of nitrogens with one attached hydrogen (secondary N) is 1. The highest BCUT2D eigenvalue weighted by Crippen LogP contribution is 2.31. The molecule has 0 radical (unpaired) electrons.